The molecule has 0 fully saturated rings. The Morgan fingerprint density at radius 2 is 1.81 bits per heavy atom. The predicted octanol–water partition coefficient (Wildman–Crippen LogP) is 2.15. The lowest BCUT2D eigenvalue weighted by atomic mass is 10.1. The third kappa shape index (κ3) is 6.43. The Balaban J connectivity index is 2.41. The molecule has 0 aliphatic rings. The van der Waals surface area contributed by atoms with Crippen molar-refractivity contribution in [3.63, 3.8) is 0 Å². The monoisotopic (exact) mass is 465 g/mol. The fourth-order valence-corrected chi connectivity index (χ4v) is 4.10. The molecule has 0 heterocycles. The topological polar surface area (TPSA) is 96.0 Å². The van der Waals surface area contributed by atoms with Gasteiger partial charge in [0.15, 0.2) is 0 Å². The third-order valence-corrected chi connectivity index (χ3v) is 6.06. The van der Waals surface area contributed by atoms with Gasteiger partial charge in [0.1, 0.15) is 24.2 Å². The first-order valence-electron chi connectivity index (χ1n) is 9.98. The van der Waals surface area contributed by atoms with E-state index in [9.17, 15) is 22.4 Å². The van der Waals surface area contributed by atoms with Gasteiger partial charge in [-0.15, -0.1) is 0 Å². The molecule has 2 aromatic carbocycles. The summed E-state index contributed by atoms with van der Waals surface area (Å²) in [7, 11) is -0.895. The summed E-state index contributed by atoms with van der Waals surface area (Å²) in [5.74, 6) is -0.952. The summed E-state index contributed by atoms with van der Waals surface area (Å²) in [6.07, 6.45) is 1.26. The van der Waals surface area contributed by atoms with Gasteiger partial charge in [0, 0.05) is 13.6 Å². The van der Waals surface area contributed by atoms with E-state index in [1.54, 1.807) is 31.2 Å². The van der Waals surface area contributed by atoms with Gasteiger partial charge >= 0.3 is 0 Å². The molecule has 10 heteroatoms. The van der Waals surface area contributed by atoms with E-state index in [0.717, 1.165) is 22.2 Å². The number of sulfonamides is 1. The molecule has 174 valence electrons. The Morgan fingerprint density at radius 1 is 1.16 bits per heavy atom. The van der Waals surface area contributed by atoms with Gasteiger partial charge in [-0.1, -0.05) is 25.1 Å². The molecular weight excluding hydrogens is 437 g/mol. The SMILES string of the molecule is CCC(C(=O)NC)N(Cc1ccc(OC)cc1)C(=O)CN(c1cccc(F)c1)S(C)(=O)=O. The number of nitrogens with one attached hydrogen (secondary N) is 1. The molecule has 0 aliphatic carbocycles. The van der Waals surface area contributed by atoms with Crippen LogP contribution in [-0.2, 0) is 26.2 Å². The Bertz CT molecular complexity index is 1040. The average Bonchev–Trinajstić information content (AvgIpc) is 2.76. The predicted molar refractivity (Wildman–Crippen MR) is 120 cm³/mol. The van der Waals surface area contributed by atoms with E-state index in [4.69, 9.17) is 4.74 Å². The van der Waals surface area contributed by atoms with Crippen LogP contribution in [0.3, 0.4) is 0 Å². The number of amides is 2. The fraction of sp³-hybridized carbons (Fsp3) is 0.364. The molecule has 0 spiro atoms. The second-order valence-electron chi connectivity index (χ2n) is 7.16. The van der Waals surface area contributed by atoms with Gasteiger partial charge in [-0.3, -0.25) is 13.9 Å². The number of halogens is 1. The van der Waals surface area contributed by atoms with Gasteiger partial charge in [-0.05, 0) is 42.3 Å². The molecule has 1 N–H and O–H groups in total. The van der Waals surface area contributed by atoms with Gasteiger partial charge in [-0.25, -0.2) is 12.8 Å². The summed E-state index contributed by atoms with van der Waals surface area (Å²) in [5.41, 5.74) is 0.761. The first kappa shape index (κ1) is 25.1. The van der Waals surface area contributed by atoms with Crippen LogP contribution >= 0.6 is 0 Å². The minimum absolute atomic E-state index is 0.0261. The Hall–Kier alpha value is -3.14. The van der Waals surface area contributed by atoms with E-state index in [-0.39, 0.29) is 18.1 Å². The highest BCUT2D eigenvalue weighted by molar-refractivity contribution is 7.92. The number of ether oxygens (including phenoxy) is 1. The standard InChI is InChI=1S/C22H28FN3O5S/c1-5-20(22(28)24-2)25(14-16-9-11-19(31-3)12-10-16)21(27)15-26(32(4,29)30)18-8-6-7-17(23)13-18/h6-13,20H,5,14-15H2,1-4H3,(H,24,28). The summed E-state index contributed by atoms with van der Waals surface area (Å²) < 4.78 is 44.5. The zero-order chi connectivity index (χ0) is 23.9. The number of hydrogen-bond acceptors (Lipinski definition) is 5. The molecule has 2 aromatic rings. The minimum Gasteiger partial charge on any atom is -0.497 e. The molecule has 2 amide bonds. The third-order valence-electron chi connectivity index (χ3n) is 4.92. The van der Waals surface area contributed by atoms with Gasteiger partial charge < -0.3 is 15.0 Å². The highest BCUT2D eigenvalue weighted by Gasteiger charge is 2.31. The largest absolute Gasteiger partial charge is 0.497 e. The molecule has 0 aromatic heterocycles. The van der Waals surface area contributed by atoms with Crippen molar-refractivity contribution in [2.45, 2.75) is 25.9 Å². The number of methoxy groups -OCH3 is 1. The quantitative estimate of drug-likeness (QED) is 0.580. The van der Waals surface area contributed by atoms with E-state index >= 15 is 0 Å². The number of anilines is 1. The number of benzene rings is 2. The van der Waals surface area contributed by atoms with E-state index in [1.165, 1.54) is 37.3 Å². The first-order chi connectivity index (χ1) is 15.1. The van der Waals surface area contributed by atoms with Crippen LogP contribution in [0.2, 0.25) is 0 Å². The van der Waals surface area contributed by atoms with Crippen molar-refractivity contribution in [1.82, 2.24) is 10.2 Å². The number of likely N-dealkylation sites (N-methyl/N-ethyl adjacent to an activating group) is 1. The van der Waals surface area contributed by atoms with Crippen molar-refractivity contribution in [2.75, 3.05) is 31.3 Å². The Kier molecular flexibility index (Phi) is 8.59. The van der Waals surface area contributed by atoms with Crippen LogP contribution in [0.4, 0.5) is 10.1 Å². The molecule has 2 rings (SSSR count). The van der Waals surface area contributed by atoms with Crippen LogP contribution in [-0.4, -0.2) is 58.1 Å². The number of carbonyl (C=O) groups is 2. The number of rotatable bonds is 10. The van der Waals surface area contributed by atoms with Crippen LogP contribution < -0.4 is 14.4 Å². The van der Waals surface area contributed by atoms with E-state index in [2.05, 4.69) is 5.32 Å². The van der Waals surface area contributed by atoms with E-state index in [0.29, 0.717) is 12.2 Å². The second kappa shape index (κ2) is 10.9. The zero-order valence-corrected chi connectivity index (χ0v) is 19.4. The molecule has 32 heavy (non-hydrogen) atoms. The molecular formula is C22H28FN3O5S. The maximum atomic E-state index is 13.7. The van der Waals surface area contributed by atoms with Crippen LogP contribution in [0.1, 0.15) is 18.9 Å². The Labute approximate surface area is 188 Å². The summed E-state index contributed by atoms with van der Waals surface area (Å²) in [6.45, 7) is 1.26. The van der Waals surface area contributed by atoms with Gasteiger partial charge in [-0.2, -0.15) is 0 Å². The highest BCUT2D eigenvalue weighted by Crippen LogP contribution is 2.21. The zero-order valence-electron chi connectivity index (χ0n) is 18.5. The van der Waals surface area contributed by atoms with Crippen LogP contribution in [0.5, 0.6) is 5.75 Å². The number of hydrogen-bond donors (Lipinski definition) is 1. The average molecular weight is 466 g/mol. The molecule has 0 radical (unpaired) electrons. The normalized spacial score (nSPS) is 12.0. The molecule has 1 unspecified atom stereocenters. The Morgan fingerprint density at radius 3 is 2.31 bits per heavy atom. The van der Waals surface area contributed by atoms with Crippen LogP contribution in [0.25, 0.3) is 0 Å². The van der Waals surface area contributed by atoms with Crippen molar-refractivity contribution < 1.29 is 27.1 Å². The minimum atomic E-state index is -3.90. The van der Waals surface area contributed by atoms with Crippen molar-refractivity contribution in [3.8, 4) is 5.75 Å². The molecule has 0 saturated heterocycles. The number of carbonyl (C=O) groups excluding carboxylic acids is 2. The molecule has 0 aliphatic heterocycles. The maximum Gasteiger partial charge on any atom is 0.244 e. The van der Waals surface area contributed by atoms with Crippen LogP contribution in [0.15, 0.2) is 48.5 Å². The molecule has 1 atom stereocenters. The molecule has 0 bridgehead atoms. The first-order valence-corrected chi connectivity index (χ1v) is 11.8. The van der Waals surface area contributed by atoms with Crippen molar-refractivity contribution in [3.05, 3.63) is 59.9 Å². The summed E-state index contributed by atoms with van der Waals surface area (Å²) >= 11 is 0. The smallest absolute Gasteiger partial charge is 0.244 e. The highest BCUT2D eigenvalue weighted by atomic mass is 32.2. The maximum absolute atomic E-state index is 13.7. The van der Waals surface area contributed by atoms with Crippen molar-refractivity contribution >= 4 is 27.5 Å². The lowest BCUT2D eigenvalue weighted by Crippen LogP contribution is -2.51. The second-order valence-corrected chi connectivity index (χ2v) is 9.06. The fourth-order valence-electron chi connectivity index (χ4n) is 3.26. The van der Waals surface area contributed by atoms with Crippen molar-refractivity contribution in [2.24, 2.45) is 0 Å². The molecule has 8 nitrogen and oxygen atoms in total. The summed E-state index contributed by atoms with van der Waals surface area (Å²) in [5, 5.41) is 2.54. The van der Waals surface area contributed by atoms with Gasteiger partial charge in [0.25, 0.3) is 0 Å². The van der Waals surface area contributed by atoms with E-state index in [1.807, 2.05) is 0 Å². The lowest BCUT2D eigenvalue weighted by Gasteiger charge is -2.32. The number of nitrogens with zero attached hydrogens (tertiary/aromatic N) is 2. The molecule has 0 saturated carbocycles. The van der Waals surface area contributed by atoms with Gasteiger partial charge in [0.05, 0.1) is 19.1 Å². The van der Waals surface area contributed by atoms with Crippen LogP contribution in [0, 0.1) is 5.82 Å². The van der Waals surface area contributed by atoms with Crippen molar-refractivity contribution in [1.29, 1.82) is 0 Å². The van der Waals surface area contributed by atoms with Gasteiger partial charge in [0.2, 0.25) is 21.8 Å². The lowest BCUT2D eigenvalue weighted by molar-refractivity contribution is -0.140. The summed E-state index contributed by atoms with van der Waals surface area (Å²) in [4.78, 5) is 27.1. The van der Waals surface area contributed by atoms with E-state index < -0.39 is 34.3 Å². The summed E-state index contributed by atoms with van der Waals surface area (Å²) in [6, 6.07) is 11.2.